The first-order valence-electron chi connectivity index (χ1n) is 4.77. The fourth-order valence-electron chi connectivity index (χ4n) is 2.28. The zero-order valence-corrected chi connectivity index (χ0v) is 7.05. The molecule has 0 N–H and O–H groups in total. The minimum Gasteiger partial charge on any atom is -0.0839 e. The van der Waals surface area contributed by atoms with Gasteiger partial charge >= 0.3 is 0 Å². The minimum absolute atomic E-state index is 0.497. The van der Waals surface area contributed by atoms with Gasteiger partial charge in [-0.25, -0.2) is 0 Å². The highest BCUT2D eigenvalue weighted by molar-refractivity contribution is 5.18. The smallest absolute Gasteiger partial charge is 0.00611 e. The third kappa shape index (κ3) is 1.40. The number of hydrogen-bond acceptors (Lipinski definition) is 0. The van der Waals surface area contributed by atoms with E-state index >= 15 is 0 Å². The van der Waals surface area contributed by atoms with Gasteiger partial charge in [0, 0.05) is 5.41 Å². The fourth-order valence-corrected chi connectivity index (χ4v) is 2.28. The monoisotopic (exact) mass is 148 g/mol. The molecule has 0 saturated heterocycles. The largest absolute Gasteiger partial charge is 0.0839 e. The Hall–Kier alpha value is -0.520. The van der Waals surface area contributed by atoms with Crippen molar-refractivity contribution in [1.29, 1.82) is 0 Å². The van der Waals surface area contributed by atoms with Gasteiger partial charge in [-0.2, -0.15) is 0 Å². The van der Waals surface area contributed by atoms with Crippen LogP contribution in [0, 0.1) is 5.41 Å². The topological polar surface area (TPSA) is 0 Å². The highest BCUT2D eigenvalue weighted by Crippen LogP contribution is 2.40. The second kappa shape index (κ2) is 2.84. The van der Waals surface area contributed by atoms with Gasteiger partial charge in [0.05, 0.1) is 0 Å². The summed E-state index contributed by atoms with van der Waals surface area (Å²) in [4.78, 5) is 0. The van der Waals surface area contributed by atoms with Crippen molar-refractivity contribution in [2.45, 2.75) is 38.5 Å². The predicted molar refractivity (Wildman–Crippen MR) is 48.4 cm³/mol. The average Bonchev–Trinajstić information content (AvgIpc) is 2.07. The maximum absolute atomic E-state index is 2.44. The second-order valence-corrected chi connectivity index (χ2v) is 3.83. The van der Waals surface area contributed by atoms with Crippen LogP contribution in [-0.2, 0) is 0 Å². The van der Waals surface area contributed by atoms with Crippen molar-refractivity contribution in [2.24, 2.45) is 5.41 Å². The van der Waals surface area contributed by atoms with Gasteiger partial charge in [0.15, 0.2) is 0 Å². The Kier molecular flexibility index (Phi) is 1.85. The van der Waals surface area contributed by atoms with Crippen molar-refractivity contribution >= 4 is 0 Å². The molecule has 0 heterocycles. The Labute approximate surface area is 69.0 Å². The highest BCUT2D eigenvalue weighted by Gasteiger charge is 2.26. The van der Waals surface area contributed by atoms with Crippen LogP contribution in [0.1, 0.15) is 38.5 Å². The van der Waals surface area contributed by atoms with Crippen LogP contribution in [0.2, 0.25) is 0 Å². The third-order valence-electron chi connectivity index (χ3n) is 2.96. The summed E-state index contributed by atoms with van der Waals surface area (Å²) in [5, 5.41) is 0. The molecule has 0 aromatic carbocycles. The molecule has 2 aliphatic carbocycles. The first-order valence-corrected chi connectivity index (χ1v) is 4.77. The van der Waals surface area contributed by atoms with Crippen LogP contribution < -0.4 is 0 Å². The van der Waals surface area contributed by atoms with E-state index in [-0.39, 0.29) is 0 Å². The van der Waals surface area contributed by atoms with Gasteiger partial charge in [0.2, 0.25) is 0 Å². The van der Waals surface area contributed by atoms with Crippen LogP contribution >= 0.6 is 0 Å². The lowest BCUT2D eigenvalue weighted by molar-refractivity contribution is 0.323. The fraction of sp³-hybridized carbons (Fsp3) is 0.636. The normalized spacial score (nSPS) is 27.6. The zero-order valence-electron chi connectivity index (χ0n) is 7.05. The van der Waals surface area contributed by atoms with E-state index < -0.39 is 0 Å². The van der Waals surface area contributed by atoms with Crippen LogP contribution in [0.4, 0.5) is 0 Å². The molecule has 0 atom stereocenters. The molecule has 0 heteroatoms. The van der Waals surface area contributed by atoms with Gasteiger partial charge in [-0.3, -0.25) is 0 Å². The van der Waals surface area contributed by atoms with Crippen LogP contribution in [-0.4, -0.2) is 0 Å². The second-order valence-electron chi connectivity index (χ2n) is 3.83. The van der Waals surface area contributed by atoms with E-state index in [1.54, 1.807) is 0 Å². The number of allylic oxidation sites excluding steroid dienone is 4. The first kappa shape index (κ1) is 7.15. The summed E-state index contributed by atoms with van der Waals surface area (Å²) in [6.45, 7) is 0. The lowest BCUT2D eigenvalue weighted by atomic mass is 9.72. The SMILES string of the molecule is C1=CC2(C=CC1)CCCCC2. The molecule has 0 bridgehead atoms. The molecule has 11 heavy (non-hydrogen) atoms. The van der Waals surface area contributed by atoms with E-state index in [0.29, 0.717) is 5.41 Å². The van der Waals surface area contributed by atoms with Gasteiger partial charge in [-0.05, 0) is 19.3 Å². The number of rotatable bonds is 0. The molecule has 60 valence electrons. The molecule has 1 spiro atoms. The highest BCUT2D eigenvalue weighted by atomic mass is 14.3. The van der Waals surface area contributed by atoms with Crippen LogP contribution in [0.5, 0.6) is 0 Å². The van der Waals surface area contributed by atoms with Crippen LogP contribution in [0.25, 0.3) is 0 Å². The van der Waals surface area contributed by atoms with Crippen molar-refractivity contribution in [2.75, 3.05) is 0 Å². The van der Waals surface area contributed by atoms with Gasteiger partial charge in [0.1, 0.15) is 0 Å². The molecular formula is C11H16. The molecular weight excluding hydrogens is 132 g/mol. The minimum atomic E-state index is 0.497. The van der Waals surface area contributed by atoms with Crippen LogP contribution in [0.15, 0.2) is 24.3 Å². The summed E-state index contributed by atoms with van der Waals surface area (Å²) in [5.41, 5.74) is 0.497. The lowest BCUT2D eigenvalue weighted by Crippen LogP contribution is -2.19. The quantitative estimate of drug-likeness (QED) is 0.461. The maximum atomic E-state index is 2.44. The zero-order chi connectivity index (χ0) is 7.57. The van der Waals surface area contributed by atoms with Crippen molar-refractivity contribution < 1.29 is 0 Å². The number of hydrogen-bond donors (Lipinski definition) is 0. The molecule has 0 radical (unpaired) electrons. The van der Waals surface area contributed by atoms with E-state index in [0.717, 1.165) is 6.42 Å². The molecule has 2 aliphatic rings. The predicted octanol–water partition coefficient (Wildman–Crippen LogP) is 3.45. The molecule has 1 saturated carbocycles. The Morgan fingerprint density at radius 3 is 2.09 bits per heavy atom. The molecule has 0 aliphatic heterocycles. The Morgan fingerprint density at radius 1 is 0.818 bits per heavy atom. The van der Waals surface area contributed by atoms with Crippen molar-refractivity contribution in [3.63, 3.8) is 0 Å². The van der Waals surface area contributed by atoms with Crippen molar-refractivity contribution in [3.8, 4) is 0 Å². The molecule has 0 unspecified atom stereocenters. The van der Waals surface area contributed by atoms with E-state index in [4.69, 9.17) is 0 Å². The average molecular weight is 148 g/mol. The van der Waals surface area contributed by atoms with Gasteiger partial charge < -0.3 is 0 Å². The molecule has 1 fully saturated rings. The lowest BCUT2D eigenvalue weighted by Gasteiger charge is -2.33. The first-order chi connectivity index (χ1) is 5.41. The van der Waals surface area contributed by atoms with Gasteiger partial charge in [-0.15, -0.1) is 0 Å². The summed E-state index contributed by atoms with van der Waals surface area (Å²) >= 11 is 0. The van der Waals surface area contributed by atoms with E-state index in [2.05, 4.69) is 24.3 Å². The summed E-state index contributed by atoms with van der Waals surface area (Å²) in [6.07, 6.45) is 17.8. The standard InChI is InChI=1S/C11H16/c1-3-7-11(8-4-1)9-5-2-6-10-11/h3-4,7-8H,1-2,5-6,9-10H2. The summed E-state index contributed by atoms with van der Waals surface area (Å²) in [6, 6.07) is 0. The molecule has 0 nitrogen and oxygen atoms in total. The van der Waals surface area contributed by atoms with Crippen molar-refractivity contribution in [3.05, 3.63) is 24.3 Å². The van der Waals surface area contributed by atoms with Crippen LogP contribution in [0.3, 0.4) is 0 Å². The van der Waals surface area contributed by atoms with Gasteiger partial charge in [-0.1, -0.05) is 43.6 Å². The Balaban J connectivity index is 2.12. The van der Waals surface area contributed by atoms with E-state index in [1.165, 1.54) is 32.1 Å². The Bertz CT molecular complexity index is 166. The Morgan fingerprint density at radius 2 is 1.45 bits per heavy atom. The van der Waals surface area contributed by atoms with E-state index in [9.17, 15) is 0 Å². The summed E-state index contributed by atoms with van der Waals surface area (Å²) in [5.74, 6) is 0. The third-order valence-corrected chi connectivity index (χ3v) is 2.96. The molecule has 0 aromatic rings. The summed E-state index contributed by atoms with van der Waals surface area (Å²) in [7, 11) is 0. The van der Waals surface area contributed by atoms with Gasteiger partial charge in [0.25, 0.3) is 0 Å². The summed E-state index contributed by atoms with van der Waals surface area (Å²) < 4.78 is 0. The molecule has 2 rings (SSSR count). The molecule has 0 aromatic heterocycles. The molecule has 0 amide bonds. The van der Waals surface area contributed by atoms with E-state index in [1.807, 2.05) is 0 Å². The maximum Gasteiger partial charge on any atom is 0.00611 e. The van der Waals surface area contributed by atoms with Crippen molar-refractivity contribution in [1.82, 2.24) is 0 Å².